The predicted molar refractivity (Wildman–Crippen MR) is 82.3 cm³/mol. The molecule has 6 heteroatoms. The minimum atomic E-state index is 0. The third-order valence-electron chi connectivity index (χ3n) is 4.24. The summed E-state index contributed by atoms with van der Waals surface area (Å²) in [5, 5.41) is 6.50. The maximum absolute atomic E-state index is 12.1. The van der Waals surface area contributed by atoms with Crippen LogP contribution in [0.5, 0.6) is 0 Å². The van der Waals surface area contributed by atoms with Crippen LogP contribution in [0.2, 0.25) is 0 Å². The van der Waals surface area contributed by atoms with E-state index in [1.165, 1.54) is 0 Å². The summed E-state index contributed by atoms with van der Waals surface area (Å²) in [7, 11) is 0. The van der Waals surface area contributed by atoms with Crippen LogP contribution in [0.3, 0.4) is 0 Å². The predicted octanol–water partition coefficient (Wildman–Crippen LogP) is 0.633. The summed E-state index contributed by atoms with van der Waals surface area (Å²) in [5.74, 6) is 0.418. The highest BCUT2D eigenvalue weighted by molar-refractivity contribution is 5.85. The van der Waals surface area contributed by atoms with Gasteiger partial charge in [0, 0.05) is 37.6 Å². The Balaban J connectivity index is 0.00000200. The number of piperidine rings is 1. The highest BCUT2D eigenvalue weighted by Gasteiger charge is 2.25. The Bertz CT molecular complexity index is 298. The first kappa shape index (κ1) is 17.7. The van der Waals surface area contributed by atoms with Crippen molar-refractivity contribution in [1.82, 2.24) is 15.5 Å². The van der Waals surface area contributed by atoms with Gasteiger partial charge in [-0.05, 0) is 33.2 Å². The molecule has 2 heterocycles. The number of amides is 1. The molecule has 118 valence electrons. The average molecular weight is 306 g/mol. The summed E-state index contributed by atoms with van der Waals surface area (Å²) in [4.78, 5) is 14.5. The van der Waals surface area contributed by atoms with Gasteiger partial charge in [0.15, 0.2) is 0 Å². The van der Waals surface area contributed by atoms with Crippen LogP contribution in [-0.2, 0) is 9.53 Å². The molecule has 2 aliphatic rings. The van der Waals surface area contributed by atoms with Crippen molar-refractivity contribution >= 4 is 18.3 Å². The summed E-state index contributed by atoms with van der Waals surface area (Å²) >= 11 is 0. The lowest BCUT2D eigenvalue weighted by molar-refractivity contribution is -0.126. The van der Waals surface area contributed by atoms with E-state index >= 15 is 0 Å². The molecular weight excluding hydrogens is 278 g/mol. The lowest BCUT2D eigenvalue weighted by atomic mass is 9.92. The van der Waals surface area contributed by atoms with E-state index < -0.39 is 0 Å². The van der Waals surface area contributed by atoms with Crippen LogP contribution in [0.25, 0.3) is 0 Å². The summed E-state index contributed by atoms with van der Waals surface area (Å²) in [5.41, 5.74) is 0. The standard InChI is InChI=1S/C14H27N3O2.ClH/c1-11-9-13(3-4-15-11)14(18)16-10-12(2)17-5-7-19-8-6-17;/h11-13,15H,3-10H2,1-2H3,(H,16,18);1H/t11-,12?,13-;/m0./s1. The van der Waals surface area contributed by atoms with Gasteiger partial charge < -0.3 is 15.4 Å². The van der Waals surface area contributed by atoms with Crippen LogP contribution in [-0.4, -0.2) is 62.3 Å². The normalized spacial score (nSPS) is 29.3. The molecule has 0 aromatic rings. The largest absolute Gasteiger partial charge is 0.379 e. The third-order valence-corrected chi connectivity index (χ3v) is 4.24. The van der Waals surface area contributed by atoms with Crippen molar-refractivity contribution in [3.8, 4) is 0 Å². The van der Waals surface area contributed by atoms with E-state index in [1.807, 2.05) is 0 Å². The smallest absolute Gasteiger partial charge is 0.223 e. The van der Waals surface area contributed by atoms with Crippen LogP contribution in [0.1, 0.15) is 26.7 Å². The number of carbonyl (C=O) groups excluding carboxylic acids is 1. The van der Waals surface area contributed by atoms with E-state index in [1.54, 1.807) is 0 Å². The monoisotopic (exact) mass is 305 g/mol. The molecule has 0 spiro atoms. The fraction of sp³-hybridized carbons (Fsp3) is 0.929. The van der Waals surface area contributed by atoms with Gasteiger partial charge >= 0.3 is 0 Å². The first-order valence-corrected chi connectivity index (χ1v) is 7.49. The van der Waals surface area contributed by atoms with Gasteiger partial charge in [-0.25, -0.2) is 0 Å². The molecule has 3 atom stereocenters. The molecular formula is C14H28ClN3O2. The zero-order chi connectivity index (χ0) is 13.7. The first-order valence-electron chi connectivity index (χ1n) is 7.49. The molecule has 5 nitrogen and oxygen atoms in total. The second-order valence-electron chi connectivity index (χ2n) is 5.82. The Labute approximate surface area is 128 Å². The number of hydrogen-bond donors (Lipinski definition) is 2. The number of hydrogen-bond acceptors (Lipinski definition) is 4. The van der Waals surface area contributed by atoms with Crippen LogP contribution >= 0.6 is 12.4 Å². The van der Waals surface area contributed by atoms with Gasteiger partial charge in [0.1, 0.15) is 0 Å². The van der Waals surface area contributed by atoms with E-state index in [9.17, 15) is 4.79 Å². The molecule has 2 aliphatic heterocycles. The molecule has 1 amide bonds. The highest BCUT2D eigenvalue weighted by Crippen LogP contribution is 2.16. The Kier molecular flexibility index (Phi) is 7.80. The number of halogens is 1. The number of ether oxygens (including phenoxy) is 1. The van der Waals surface area contributed by atoms with Gasteiger partial charge in [-0.3, -0.25) is 9.69 Å². The van der Waals surface area contributed by atoms with Crippen LogP contribution in [0, 0.1) is 5.92 Å². The van der Waals surface area contributed by atoms with Gasteiger partial charge in [-0.1, -0.05) is 0 Å². The Morgan fingerprint density at radius 1 is 1.45 bits per heavy atom. The second-order valence-corrected chi connectivity index (χ2v) is 5.82. The van der Waals surface area contributed by atoms with Crippen molar-refractivity contribution in [2.24, 2.45) is 5.92 Å². The fourth-order valence-corrected chi connectivity index (χ4v) is 2.91. The lowest BCUT2D eigenvalue weighted by Gasteiger charge is -2.33. The topological polar surface area (TPSA) is 53.6 Å². The highest BCUT2D eigenvalue weighted by atomic mass is 35.5. The molecule has 0 aliphatic carbocycles. The lowest BCUT2D eigenvalue weighted by Crippen LogP contribution is -2.49. The third kappa shape index (κ3) is 5.20. The van der Waals surface area contributed by atoms with Gasteiger partial charge in [0.25, 0.3) is 0 Å². The van der Waals surface area contributed by atoms with Crippen LogP contribution in [0.15, 0.2) is 0 Å². The van der Waals surface area contributed by atoms with Crippen molar-refractivity contribution < 1.29 is 9.53 Å². The van der Waals surface area contributed by atoms with E-state index in [4.69, 9.17) is 4.74 Å². The van der Waals surface area contributed by atoms with E-state index in [0.717, 1.165) is 52.2 Å². The molecule has 0 aromatic heterocycles. The maximum Gasteiger partial charge on any atom is 0.223 e. The first-order chi connectivity index (χ1) is 9.16. The average Bonchev–Trinajstić information content (AvgIpc) is 2.45. The van der Waals surface area contributed by atoms with Gasteiger partial charge in [0.2, 0.25) is 5.91 Å². The number of nitrogens with one attached hydrogen (secondary N) is 2. The fourth-order valence-electron chi connectivity index (χ4n) is 2.91. The van der Waals surface area contributed by atoms with E-state index in [-0.39, 0.29) is 24.2 Å². The Morgan fingerprint density at radius 3 is 2.80 bits per heavy atom. The molecule has 20 heavy (non-hydrogen) atoms. The molecule has 0 radical (unpaired) electrons. The quantitative estimate of drug-likeness (QED) is 0.800. The Hall–Kier alpha value is -0.360. The van der Waals surface area contributed by atoms with Gasteiger partial charge in [0.05, 0.1) is 13.2 Å². The van der Waals surface area contributed by atoms with Crippen molar-refractivity contribution in [3.63, 3.8) is 0 Å². The number of rotatable bonds is 4. The molecule has 1 unspecified atom stereocenters. The SMILES string of the molecule is CC(CNC(=O)[C@H]1CCN[C@@H](C)C1)N1CCOCC1.Cl. The summed E-state index contributed by atoms with van der Waals surface area (Å²) in [6.07, 6.45) is 1.92. The number of morpholine rings is 1. The Morgan fingerprint density at radius 2 is 2.15 bits per heavy atom. The second kappa shape index (κ2) is 8.82. The summed E-state index contributed by atoms with van der Waals surface area (Å²) in [6, 6.07) is 0.855. The van der Waals surface area contributed by atoms with Crippen molar-refractivity contribution in [1.29, 1.82) is 0 Å². The van der Waals surface area contributed by atoms with Gasteiger partial charge in [-0.2, -0.15) is 0 Å². The van der Waals surface area contributed by atoms with E-state index in [0.29, 0.717) is 12.1 Å². The van der Waals surface area contributed by atoms with Crippen molar-refractivity contribution in [2.75, 3.05) is 39.4 Å². The van der Waals surface area contributed by atoms with Crippen molar-refractivity contribution in [3.05, 3.63) is 0 Å². The van der Waals surface area contributed by atoms with Crippen LogP contribution in [0.4, 0.5) is 0 Å². The number of carbonyl (C=O) groups is 1. The summed E-state index contributed by atoms with van der Waals surface area (Å²) < 4.78 is 5.35. The minimum Gasteiger partial charge on any atom is -0.379 e. The van der Waals surface area contributed by atoms with Gasteiger partial charge in [-0.15, -0.1) is 12.4 Å². The molecule has 0 bridgehead atoms. The summed E-state index contributed by atoms with van der Waals surface area (Å²) in [6.45, 7) is 9.60. The van der Waals surface area contributed by atoms with Crippen molar-refractivity contribution in [2.45, 2.75) is 38.8 Å². The van der Waals surface area contributed by atoms with E-state index in [2.05, 4.69) is 29.4 Å². The maximum atomic E-state index is 12.1. The zero-order valence-electron chi connectivity index (χ0n) is 12.6. The molecule has 0 aromatic carbocycles. The minimum absolute atomic E-state index is 0. The molecule has 2 fully saturated rings. The van der Waals surface area contributed by atoms with Crippen LogP contribution < -0.4 is 10.6 Å². The molecule has 2 rings (SSSR count). The number of nitrogens with zero attached hydrogens (tertiary/aromatic N) is 1. The molecule has 2 N–H and O–H groups in total. The zero-order valence-corrected chi connectivity index (χ0v) is 13.4. The molecule has 0 saturated carbocycles. The molecule has 2 saturated heterocycles.